The summed E-state index contributed by atoms with van der Waals surface area (Å²) in [6.07, 6.45) is 0. The lowest BCUT2D eigenvalue weighted by Crippen LogP contribution is -2.52. The molecule has 1 atom stereocenters. The molecule has 4 nitrogen and oxygen atoms in total. The maximum Gasteiger partial charge on any atom is 0.153 e. The van der Waals surface area contributed by atoms with Gasteiger partial charge in [0.05, 0.1) is 12.1 Å². The highest BCUT2D eigenvalue weighted by Gasteiger charge is 2.47. The highest BCUT2D eigenvalue weighted by Crippen LogP contribution is 2.31. The van der Waals surface area contributed by atoms with Gasteiger partial charge in [-0.05, 0) is 20.8 Å². The first kappa shape index (κ1) is 8.93. The molecule has 1 heterocycles. The summed E-state index contributed by atoms with van der Waals surface area (Å²) in [5.41, 5.74) is 4.42. The summed E-state index contributed by atoms with van der Waals surface area (Å²) >= 11 is 0. The number of hydrogen-bond donors (Lipinski definition) is 2. The minimum absolute atomic E-state index is 0.299. The number of hydroxylamine groups is 2. The topological polar surface area (TPSA) is 58.7 Å². The molecule has 0 radical (unpaired) electrons. The molecule has 66 valence electrons. The van der Waals surface area contributed by atoms with Crippen molar-refractivity contribution < 1.29 is 9.94 Å². The normalized spacial score (nSPS) is 37.9. The van der Waals surface area contributed by atoms with Crippen molar-refractivity contribution >= 4 is 0 Å². The van der Waals surface area contributed by atoms with Gasteiger partial charge < -0.3 is 15.7 Å². The second-order valence-electron chi connectivity index (χ2n) is 3.79. The maximum atomic E-state index is 9.60. The lowest BCUT2D eigenvalue weighted by molar-refractivity contribution is -0.237. The average molecular weight is 160 g/mol. The van der Waals surface area contributed by atoms with Crippen LogP contribution in [0.15, 0.2) is 0 Å². The third-order valence-corrected chi connectivity index (χ3v) is 2.14. The van der Waals surface area contributed by atoms with Crippen LogP contribution in [-0.4, -0.2) is 34.7 Å². The van der Waals surface area contributed by atoms with Gasteiger partial charge in [-0.3, -0.25) is 0 Å². The fourth-order valence-electron chi connectivity index (χ4n) is 1.24. The summed E-state index contributed by atoms with van der Waals surface area (Å²) in [5.74, 6) is 0. The standard InChI is InChI=1S/C7H16N2O2/c1-6(2)5-11-7(3,4-8)9(6)10/h10H,4-5,8H2,1-3H3. The summed E-state index contributed by atoms with van der Waals surface area (Å²) in [7, 11) is 0. The van der Waals surface area contributed by atoms with Gasteiger partial charge in [0.15, 0.2) is 5.72 Å². The zero-order valence-corrected chi connectivity index (χ0v) is 7.29. The van der Waals surface area contributed by atoms with Crippen molar-refractivity contribution in [1.82, 2.24) is 5.06 Å². The minimum atomic E-state index is -0.705. The molecule has 0 aromatic carbocycles. The lowest BCUT2D eigenvalue weighted by atomic mass is 10.1. The Labute approximate surface area is 66.9 Å². The monoisotopic (exact) mass is 160 g/mol. The minimum Gasteiger partial charge on any atom is -0.355 e. The Morgan fingerprint density at radius 2 is 2.09 bits per heavy atom. The SMILES string of the molecule is CC1(C)COC(C)(CN)N1O. The van der Waals surface area contributed by atoms with Crippen molar-refractivity contribution in [3.63, 3.8) is 0 Å². The van der Waals surface area contributed by atoms with Crippen LogP contribution in [0.5, 0.6) is 0 Å². The van der Waals surface area contributed by atoms with Crippen LogP contribution in [0, 0.1) is 0 Å². The second kappa shape index (κ2) is 2.42. The molecule has 1 unspecified atom stereocenters. The quantitative estimate of drug-likeness (QED) is 0.573. The molecule has 1 saturated heterocycles. The van der Waals surface area contributed by atoms with Crippen LogP contribution in [0.3, 0.4) is 0 Å². The molecule has 0 aliphatic carbocycles. The summed E-state index contributed by atoms with van der Waals surface area (Å²) < 4.78 is 5.37. The van der Waals surface area contributed by atoms with Gasteiger partial charge in [-0.15, -0.1) is 0 Å². The van der Waals surface area contributed by atoms with Crippen molar-refractivity contribution in [2.24, 2.45) is 5.73 Å². The van der Waals surface area contributed by atoms with Crippen molar-refractivity contribution in [3.05, 3.63) is 0 Å². The van der Waals surface area contributed by atoms with E-state index in [9.17, 15) is 5.21 Å². The molecule has 4 heteroatoms. The molecule has 1 rings (SSSR count). The third-order valence-electron chi connectivity index (χ3n) is 2.14. The summed E-state index contributed by atoms with van der Waals surface area (Å²) in [5, 5.41) is 10.8. The first-order valence-electron chi connectivity index (χ1n) is 3.76. The number of rotatable bonds is 1. The van der Waals surface area contributed by atoms with Gasteiger partial charge in [0, 0.05) is 6.54 Å². The van der Waals surface area contributed by atoms with E-state index in [1.165, 1.54) is 5.06 Å². The Kier molecular flexibility index (Phi) is 1.96. The van der Waals surface area contributed by atoms with E-state index in [1.807, 2.05) is 13.8 Å². The fourth-order valence-corrected chi connectivity index (χ4v) is 1.24. The van der Waals surface area contributed by atoms with Crippen molar-refractivity contribution in [1.29, 1.82) is 0 Å². The maximum absolute atomic E-state index is 9.60. The van der Waals surface area contributed by atoms with Crippen LogP contribution >= 0.6 is 0 Å². The van der Waals surface area contributed by atoms with E-state index in [0.29, 0.717) is 13.2 Å². The zero-order valence-electron chi connectivity index (χ0n) is 7.29. The van der Waals surface area contributed by atoms with E-state index in [0.717, 1.165) is 0 Å². The highest BCUT2D eigenvalue weighted by atomic mass is 16.6. The predicted molar refractivity (Wildman–Crippen MR) is 41.1 cm³/mol. The molecule has 1 fully saturated rings. The van der Waals surface area contributed by atoms with E-state index in [4.69, 9.17) is 10.5 Å². The van der Waals surface area contributed by atoms with Crippen molar-refractivity contribution in [3.8, 4) is 0 Å². The zero-order chi connectivity index (χ0) is 8.70. The molecule has 0 aromatic rings. The van der Waals surface area contributed by atoms with Crippen LogP contribution in [0.2, 0.25) is 0 Å². The molecule has 0 spiro atoms. The molecular formula is C7H16N2O2. The average Bonchev–Trinajstić information content (AvgIpc) is 2.16. The van der Waals surface area contributed by atoms with E-state index < -0.39 is 5.72 Å². The second-order valence-corrected chi connectivity index (χ2v) is 3.79. The van der Waals surface area contributed by atoms with Crippen LogP contribution in [0.25, 0.3) is 0 Å². The lowest BCUT2D eigenvalue weighted by Gasteiger charge is -2.33. The van der Waals surface area contributed by atoms with Crippen LogP contribution < -0.4 is 5.73 Å². The van der Waals surface area contributed by atoms with Gasteiger partial charge in [-0.1, -0.05) is 0 Å². The van der Waals surface area contributed by atoms with E-state index >= 15 is 0 Å². The highest BCUT2D eigenvalue weighted by molar-refractivity contribution is 4.91. The first-order valence-corrected chi connectivity index (χ1v) is 3.76. The van der Waals surface area contributed by atoms with E-state index in [-0.39, 0.29) is 5.54 Å². The van der Waals surface area contributed by atoms with Gasteiger partial charge in [-0.2, -0.15) is 5.06 Å². The number of nitrogens with two attached hydrogens (primary N) is 1. The van der Waals surface area contributed by atoms with Crippen LogP contribution in [0.1, 0.15) is 20.8 Å². The largest absolute Gasteiger partial charge is 0.355 e. The molecule has 11 heavy (non-hydrogen) atoms. The number of ether oxygens (including phenoxy) is 1. The number of nitrogens with zero attached hydrogens (tertiary/aromatic N) is 1. The Morgan fingerprint density at radius 1 is 1.55 bits per heavy atom. The molecule has 1 aliphatic heterocycles. The third kappa shape index (κ3) is 1.27. The smallest absolute Gasteiger partial charge is 0.153 e. The van der Waals surface area contributed by atoms with Gasteiger partial charge in [0.2, 0.25) is 0 Å². The van der Waals surface area contributed by atoms with Gasteiger partial charge in [-0.25, -0.2) is 0 Å². The summed E-state index contributed by atoms with van der Waals surface area (Å²) in [4.78, 5) is 0. The Hall–Kier alpha value is -0.160. The van der Waals surface area contributed by atoms with E-state index in [1.54, 1.807) is 6.92 Å². The molecule has 0 bridgehead atoms. The van der Waals surface area contributed by atoms with Crippen LogP contribution in [-0.2, 0) is 4.74 Å². The molecule has 1 aliphatic rings. The van der Waals surface area contributed by atoms with Crippen LogP contribution in [0.4, 0.5) is 0 Å². The first-order chi connectivity index (χ1) is 4.92. The Bertz CT molecular complexity index is 161. The van der Waals surface area contributed by atoms with Crippen molar-refractivity contribution in [2.45, 2.75) is 32.0 Å². The van der Waals surface area contributed by atoms with Gasteiger partial charge >= 0.3 is 0 Å². The molecular weight excluding hydrogens is 144 g/mol. The van der Waals surface area contributed by atoms with Gasteiger partial charge in [0.25, 0.3) is 0 Å². The summed E-state index contributed by atoms with van der Waals surface area (Å²) in [6, 6.07) is 0. The van der Waals surface area contributed by atoms with Gasteiger partial charge in [0.1, 0.15) is 0 Å². The Morgan fingerprint density at radius 3 is 2.27 bits per heavy atom. The van der Waals surface area contributed by atoms with Crippen molar-refractivity contribution in [2.75, 3.05) is 13.2 Å². The number of hydrogen-bond acceptors (Lipinski definition) is 4. The van der Waals surface area contributed by atoms with E-state index in [2.05, 4.69) is 0 Å². The fraction of sp³-hybridized carbons (Fsp3) is 1.00. The molecule has 0 aromatic heterocycles. The summed E-state index contributed by atoms with van der Waals surface area (Å²) in [6.45, 7) is 6.41. The Balaban J connectivity index is 2.78. The molecule has 0 saturated carbocycles. The molecule has 3 N–H and O–H groups in total. The predicted octanol–water partition coefficient (Wildman–Crippen LogP) is 0.161. The molecule has 0 amide bonds.